The Morgan fingerprint density at radius 1 is 1.41 bits per heavy atom. The molecule has 0 bridgehead atoms. The van der Waals surface area contributed by atoms with E-state index in [9.17, 15) is 4.79 Å². The van der Waals surface area contributed by atoms with Crippen LogP contribution < -0.4 is 5.32 Å². The van der Waals surface area contributed by atoms with Gasteiger partial charge in [-0.1, -0.05) is 0 Å². The van der Waals surface area contributed by atoms with Gasteiger partial charge in [-0.15, -0.1) is 0 Å². The first-order valence-electron chi connectivity index (χ1n) is 5.40. The van der Waals surface area contributed by atoms with Crippen LogP contribution in [-0.4, -0.2) is 25.5 Å². The summed E-state index contributed by atoms with van der Waals surface area (Å²) in [4.78, 5) is 11.6. The van der Waals surface area contributed by atoms with Crippen LogP contribution in [0.15, 0.2) is 24.7 Å². The van der Waals surface area contributed by atoms with Gasteiger partial charge in [-0.05, 0) is 12.0 Å². The van der Waals surface area contributed by atoms with Crippen LogP contribution in [0.25, 0.3) is 0 Å². The summed E-state index contributed by atoms with van der Waals surface area (Å²) < 4.78 is 3.38. The van der Waals surface area contributed by atoms with E-state index in [-0.39, 0.29) is 5.91 Å². The smallest absolute Gasteiger partial charge is 0.225 e. The van der Waals surface area contributed by atoms with Crippen LogP contribution in [-0.2, 0) is 25.3 Å². The van der Waals surface area contributed by atoms with Crippen LogP contribution in [0.3, 0.4) is 0 Å². The topological polar surface area (TPSA) is 64.7 Å². The van der Waals surface area contributed by atoms with E-state index in [1.807, 2.05) is 20.3 Å². The molecule has 0 aliphatic rings. The quantitative estimate of drug-likeness (QED) is 0.846. The maximum atomic E-state index is 11.6. The molecule has 0 spiro atoms. The van der Waals surface area contributed by atoms with Gasteiger partial charge in [0.05, 0.1) is 6.20 Å². The maximum Gasteiger partial charge on any atom is 0.225 e. The van der Waals surface area contributed by atoms with Gasteiger partial charge in [0.1, 0.15) is 0 Å². The van der Waals surface area contributed by atoms with Gasteiger partial charge in [-0.2, -0.15) is 10.2 Å². The number of anilines is 1. The van der Waals surface area contributed by atoms with Gasteiger partial charge in [0.2, 0.25) is 5.91 Å². The van der Waals surface area contributed by atoms with E-state index in [2.05, 4.69) is 15.5 Å². The van der Waals surface area contributed by atoms with Crippen LogP contribution in [0.5, 0.6) is 0 Å². The zero-order chi connectivity index (χ0) is 12.3. The standard InChI is InChI=1S/C11H15N5O/c1-15-6-5-10(14-15)13-11(17)4-3-9-7-12-16(2)8-9/h5-8H,3-4H2,1-2H3,(H,13,14,17). The van der Waals surface area contributed by atoms with Crippen molar-refractivity contribution in [3.8, 4) is 0 Å². The Kier molecular flexibility index (Phi) is 3.22. The molecular weight excluding hydrogens is 218 g/mol. The van der Waals surface area contributed by atoms with Crippen molar-refractivity contribution < 1.29 is 4.79 Å². The van der Waals surface area contributed by atoms with E-state index in [1.54, 1.807) is 27.8 Å². The molecule has 6 nitrogen and oxygen atoms in total. The van der Waals surface area contributed by atoms with Gasteiger partial charge in [0.15, 0.2) is 5.82 Å². The lowest BCUT2D eigenvalue weighted by molar-refractivity contribution is -0.116. The van der Waals surface area contributed by atoms with E-state index in [0.29, 0.717) is 18.7 Å². The maximum absolute atomic E-state index is 11.6. The normalized spacial score (nSPS) is 10.5. The average molecular weight is 233 g/mol. The molecule has 90 valence electrons. The number of rotatable bonds is 4. The second-order valence-electron chi connectivity index (χ2n) is 3.95. The number of aromatic nitrogens is 4. The van der Waals surface area contributed by atoms with E-state index in [4.69, 9.17) is 0 Å². The molecule has 0 radical (unpaired) electrons. The number of carbonyl (C=O) groups is 1. The molecule has 2 rings (SSSR count). The third-order valence-corrected chi connectivity index (χ3v) is 2.38. The van der Waals surface area contributed by atoms with Gasteiger partial charge in [-0.3, -0.25) is 14.2 Å². The van der Waals surface area contributed by atoms with E-state index in [1.165, 1.54) is 0 Å². The van der Waals surface area contributed by atoms with Crippen molar-refractivity contribution >= 4 is 11.7 Å². The number of nitrogens with one attached hydrogen (secondary N) is 1. The summed E-state index contributed by atoms with van der Waals surface area (Å²) >= 11 is 0. The van der Waals surface area contributed by atoms with Crippen molar-refractivity contribution in [1.29, 1.82) is 0 Å². The van der Waals surface area contributed by atoms with Crippen LogP contribution in [0, 0.1) is 0 Å². The first-order valence-corrected chi connectivity index (χ1v) is 5.40. The molecule has 6 heteroatoms. The first kappa shape index (κ1) is 11.4. The Hall–Kier alpha value is -2.11. The summed E-state index contributed by atoms with van der Waals surface area (Å²) in [6.45, 7) is 0. The number of aryl methyl sites for hydroxylation is 3. The Labute approximate surface area is 99.2 Å². The Balaban J connectivity index is 1.82. The minimum atomic E-state index is -0.0347. The lowest BCUT2D eigenvalue weighted by atomic mass is 10.2. The SMILES string of the molecule is Cn1cc(CCC(=O)Nc2ccn(C)n2)cn1. The highest BCUT2D eigenvalue weighted by Gasteiger charge is 2.05. The first-order chi connectivity index (χ1) is 8.13. The summed E-state index contributed by atoms with van der Waals surface area (Å²) in [5.74, 6) is 0.552. The molecule has 0 aliphatic carbocycles. The summed E-state index contributed by atoms with van der Waals surface area (Å²) in [6, 6.07) is 1.77. The molecule has 2 aromatic heterocycles. The van der Waals surface area contributed by atoms with E-state index in [0.717, 1.165) is 5.56 Å². The van der Waals surface area contributed by atoms with Crippen LogP contribution in [0.4, 0.5) is 5.82 Å². The number of nitrogens with zero attached hydrogens (tertiary/aromatic N) is 4. The second-order valence-corrected chi connectivity index (χ2v) is 3.95. The largest absolute Gasteiger partial charge is 0.309 e. The minimum absolute atomic E-state index is 0.0347. The van der Waals surface area contributed by atoms with Gasteiger partial charge < -0.3 is 5.32 Å². The third-order valence-electron chi connectivity index (χ3n) is 2.38. The highest BCUT2D eigenvalue weighted by Crippen LogP contribution is 2.05. The molecule has 17 heavy (non-hydrogen) atoms. The van der Waals surface area contributed by atoms with Crippen molar-refractivity contribution in [1.82, 2.24) is 19.6 Å². The van der Waals surface area contributed by atoms with Crippen molar-refractivity contribution in [2.45, 2.75) is 12.8 Å². The lowest BCUT2D eigenvalue weighted by Crippen LogP contribution is -2.12. The van der Waals surface area contributed by atoms with Gasteiger partial charge in [0.25, 0.3) is 0 Å². The molecule has 0 aromatic carbocycles. The molecule has 0 aliphatic heterocycles. The van der Waals surface area contributed by atoms with Gasteiger partial charge >= 0.3 is 0 Å². The summed E-state index contributed by atoms with van der Waals surface area (Å²) in [5, 5.41) is 10.9. The summed E-state index contributed by atoms with van der Waals surface area (Å²) in [6.07, 6.45) is 6.59. The van der Waals surface area contributed by atoms with E-state index >= 15 is 0 Å². The average Bonchev–Trinajstić information content (AvgIpc) is 2.85. The predicted molar refractivity (Wildman–Crippen MR) is 63.4 cm³/mol. The Morgan fingerprint density at radius 2 is 2.24 bits per heavy atom. The molecule has 0 saturated heterocycles. The second kappa shape index (κ2) is 4.82. The van der Waals surface area contributed by atoms with Gasteiger partial charge in [0, 0.05) is 39.0 Å². The molecule has 0 saturated carbocycles. The molecule has 2 aromatic rings. The molecule has 0 fully saturated rings. The molecule has 2 heterocycles. The predicted octanol–water partition coefficient (Wildman–Crippen LogP) is 0.725. The summed E-state index contributed by atoms with van der Waals surface area (Å²) in [5.41, 5.74) is 1.06. The third kappa shape index (κ3) is 3.17. The fraction of sp³-hybridized carbons (Fsp3) is 0.364. The number of amides is 1. The Bertz CT molecular complexity index is 513. The van der Waals surface area contributed by atoms with Crippen molar-refractivity contribution in [3.63, 3.8) is 0 Å². The number of hydrogen-bond acceptors (Lipinski definition) is 3. The van der Waals surface area contributed by atoms with Gasteiger partial charge in [-0.25, -0.2) is 0 Å². The fourth-order valence-electron chi connectivity index (χ4n) is 1.55. The van der Waals surface area contributed by atoms with Crippen LogP contribution in [0.2, 0.25) is 0 Å². The van der Waals surface area contributed by atoms with E-state index < -0.39 is 0 Å². The zero-order valence-corrected chi connectivity index (χ0v) is 9.92. The van der Waals surface area contributed by atoms with Crippen molar-refractivity contribution in [3.05, 3.63) is 30.2 Å². The monoisotopic (exact) mass is 233 g/mol. The van der Waals surface area contributed by atoms with Crippen LogP contribution in [0.1, 0.15) is 12.0 Å². The zero-order valence-electron chi connectivity index (χ0n) is 9.92. The van der Waals surface area contributed by atoms with Crippen molar-refractivity contribution in [2.75, 3.05) is 5.32 Å². The molecule has 0 atom stereocenters. The number of hydrogen-bond donors (Lipinski definition) is 1. The van der Waals surface area contributed by atoms with Crippen LogP contribution >= 0.6 is 0 Å². The fourth-order valence-corrected chi connectivity index (χ4v) is 1.55. The highest BCUT2D eigenvalue weighted by molar-refractivity contribution is 5.89. The lowest BCUT2D eigenvalue weighted by Gasteiger charge is -2.00. The molecular formula is C11H15N5O. The summed E-state index contributed by atoms with van der Waals surface area (Å²) in [7, 11) is 3.67. The molecule has 1 N–H and O–H groups in total. The molecule has 0 unspecified atom stereocenters. The minimum Gasteiger partial charge on any atom is -0.309 e. The van der Waals surface area contributed by atoms with Crippen molar-refractivity contribution in [2.24, 2.45) is 14.1 Å². The highest BCUT2D eigenvalue weighted by atomic mass is 16.1. The molecule has 1 amide bonds. The Morgan fingerprint density at radius 3 is 2.82 bits per heavy atom. The number of carbonyl (C=O) groups excluding carboxylic acids is 1.